The molecule has 3 heteroatoms. The van der Waals surface area contributed by atoms with Gasteiger partial charge in [-0.05, 0) is 36.5 Å². The maximum absolute atomic E-state index is 5.02. The van der Waals surface area contributed by atoms with Crippen LogP contribution in [0.1, 0.15) is 19.8 Å². The molecule has 0 aromatic rings. The van der Waals surface area contributed by atoms with Gasteiger partial charge in [-0.15, -0.1) is 0 Å². The molecule has 1 aliphatic heterocycles. The van der Waals surface area contributed by atoms with Crippen LogP contribution in [0.4, 0.5) is 0 Å². The molecular formula is C11H21NOS. The molecule has 0 amide bonds. The minimum absolute atomic E-state index is 0.727. The van der Waals surface area contributed by atoms with Crippen LogP contribution in [-0.4, -0.2) is 37.8 Å². The molecule has 82 valence electrons. The van der Waals surface area contributed by atoms with Crippen molar-refractivity contribution in [3.63, 3.8) is 0 Å². The summed E-state index contributed by atoms with van der Waals surface area (Å²) in [6.07, 6.45) is 2.91. The van der Waals surface area contributed by atoms with Gasteiger partial charge in [0.05, 0.1) is 6.61 Å². The molecule has 0 aromatic carbocycles. The molecule has 3 unspecified atom stereocenters. The molecule has 1 saturated heterocycles. The van der Waals surface area contributed by atoms with Crippen molar-refractivity contribution in [2.24, 2.45) is 11.3 Å². The summed E-state index contributed by atoms with van der Waals surface area (Å²) in [5.74, 6) is 2.33. The van der Waals surface area contributed by atoms with Crippen molar-refractivity contribution in [3.8, 4) is 0 Å². The second kappa shape index (κ2) is 4.42. The van der Waals surface area contributed by atoms with Gasteiger partial charge in [-0.25, -0.2) is 0 Å². The molecule has 1 saturated carbocycles. The Balaban J connectivity index is 1.66. The standard InChI is InChI=1S/C11H21NOS/c1-9-11(3-6-14-9)7-10(11)8-12-4-5-13-2/h9-10,12H,3-8H2,1-2H3. The molecule has 0 aromatic heterocycles. The smallest absolute Gasteiger partial charge is 0.0587 e. The number of hydrogen-bond donors (Lipinski definition) is 1. The van der Waals surface area contributed by atoms with E-state index in [0.717, 1.165) is 29.7 Å². The summed E-state index contributed by atoms with van der Waals surface area (Å²) in [5, 5.41) is 4.39. The Kier molecular flexibility index (Phi) is 3.40. The lowest BCUT2D eigenvalue weighted by molar-refractivity contribution is 0.198. The second-order valence-electron chi connectivity index (χ2n) is 4.59. The number of thioether (sulfide) groups is 1. The fourth-order valence-electron chi connectivity index (χ4n) is 2.72. The third kappa shape index (κ3) is 1.95. The largest absolute Gasteiger partial charge is 0.383 e. The zero-order valence-corrected chi connectivity index (χ0v) is 10.0. The van der Waals surface area contributed by atoms with E-state index in [1.165, 1.54) is 25.1 Å². The van der Waals surface area contributed by atoms with Crippen molar-refractivity contribution in [1.29, 1.82) is 0 Å². The molecule has 0 bridgehead atoms. The van der Waals surface area contributed by atoms with Crippen LogP contribution in [0.15, 0.2) is 0 Å². The number of hydrogen-bond acceptors (Lipinski definition) is 3. The van der Waals surface area contributed by atoms with E-state index in [4.69, 9.17) is 4.74 Å². The fourth-order valence-corrected chi connectivity index (χ4v) is 4.31. The third-order valence-corrected chi connectivity index (χ3v) is 5.31. The number of rotatable bonds is 5. The lowest BCUT2D eigenvalue weighted by Gasteiger charge is -2.14. The Bertz CT molecular complexity index is 200. The number of nitrogens with one attached hydrogen (secondary N) is 1. The normalized spacial score (nSPS) is 40.7. The molecule has 0 radical (unpaired) electrons. The maximum Gasteiger partial charge on any atom is 0.0587 e. The van der Waals surface area contributed by atoms with Gasteiger partial charge in [0.15, 0.2) is 0 Å². The van der Waals surface area contributed by atoms with Crippen LogP contribution >= 0.6 is 11.8 Å². The highest BCUT2D eigenvalue weighted by molar-refractivity contribution is 8.00. The molecule has 2 aliphatic rings. The van der Waals surface area contributed by atoms with Crippen molar-refractivity contribution in [2.75, 3.05) is 32.6 Å². The van der Waals surface area contributed by atoms with Gasteiger partial charge < -0.3 is 10.1 Å². The Morgan fingerprint density at radius 2 is 2.43 bits per heavy atom. The summed E-state index contributed by atoms with van der Waals surface area (Å²) in [6, 6.07) is 0. The molecule has 1 N–H and O–H groups in total. The average molecular weight is 215 g/mol. The Hall–Kier alpha value is 0.270. The molecule has 2 rings (SSSR count). The second-order valence-corrected chi connectivity index (χ2v) is 6.04. The first kappa shape index (κ1) is 10.8. The van der Waals surface area contributed by atoms with Crippen molar-refractivity contribution >= 4 is 11.8 Å². The van der Waals surface area contributed by atoms with Crippen LogP contribution < -0.4 is 5.32 Å². The van der Waals surface area contributed by atoms with Crippen molar-refractivity contribution < 1.29 is 4.74 Å². The molecule has 1 aliphatic carbocycles. The van der Waals surface area contributed by atoms with Gasteiger partial charge in [0.1, 0.15) is 0 Å². The van der Waals surface area contributed by atoms with Crippen molar-refractivity contribution in [2.45, 2.75) is 25.0 Å². The van der Waals surface area contributed by atoms with Gasteiger partial charge in [-0.3, -0.25) is 0 Å². The Morgan fingerprint density at radius 1 is 1.57 bits per heavy atom. The van der Waals surface area contributed by atoms with Crippen molar-refractivity contribution in [1.82, 2.24) is 5.32 Å². The summed E-state index contributed by atoms with van der Waals surface area (Å²) >= 11 is 2.16. The van der Waals surface area contributed by atoms with Crippen LogP contribution in [0, 0.1) is 11.3 Å². The van der Waals surface area contributed by atoms with Gasteiger partial charge in [-0.1, -0.05) is 6.92 Å². The van der Waals surface area contributed by atoms with Gasteiger partial charge in [0.2, 0.25) is 0 Å². The van der Waals surface area contributed by atoms with Crippen LogP contribution in [0.3, 0.4) is 0 Å². The first-order chi connectivity index (χ1) is 6.79. The molecule has 3 atom stereocenters. The highest BCUT2D eigenvalue weighted by atomic mass is 32.2. The van der Waals surface area contributed by atoms with E-state index in [1.807, 2.05) is 0 Å². The minimum atomic E-state index is 0.727. The van der Waals surface area contributed by atoms with Crippen LogP contribution in [-0.2, 0) is 4.74 Å². The van der Waals surface area contributed by atoms with Gasteiger partial charge >= 0.3 is 0 Å². The predicted octanol–water partition coefficient (Wildman–Crippen LogP) is 1.75. The quantitative estimate of drug-likeness (QED) is 0.706. The molecule has 2 nitrogen and oxygen atoms in total. The average Bonchev–Trinajstić information content (AvgIpc) is 2.76. The SMILES string of the molecule is COCCNCC1CC12CCSC2C. The molecule has 1 heterocycles. The fraction of sp³-hybridized carbons (Fsp3) is 1.00. The van der Waals surface area contributed by atoms with E-state index in [1.54, 1.807) is 7.11 Å². The zero-order chi connectivity index (χ0) is 10.0. The van der Waals surface area contributed by atoms with E-state index >= 15 is 0 Å². The monoisotopic (exact) mass is 215 g/mol. The first-order valence-corrected chi connectivity index (χ1v) is 6.66. The number of ether oxygens (including phenoxy) is 1. The predicted molar refractivity (Wildman–Crippen MR) is 61.8 cm³/mol. The Morgan fingerprint density at radius 3 is 3.07 bits per heavy atom. The summed E-state index contributed by atoms with van der Waals surface area (Å²) < 4.78 is 5.02. The van der Waals surface area contributed by atoms with E-state index < -0.39 is 0 Å². The van der Waals surface area contributed by atoms with E-state index in [2.05, 4.69) is 24.0 Å². The number of methoxy groups -OCH3 is 1. The molecule has 2 fully saturated rings. The van der Waals surface area contributed by atoms with Gasteiger partial charge in [0.25, 0.3) is 0 Å². The third-order valence-electron chi connectivity index (χ3n) is 3.90. The van der Waals surface area contributed by atoms with Crippen molar-refractivity contribution in [3.05, 3.63) is 0 Å². The molecule has 14 heavy (non-hydrogen) atoms. The minimum Gasteiger partial charge on any atom is -0.383 e. The summed E-state index contributed by atoms with van der Waals surface area (Å²) in [5.41, 5.74) is 0.727. The first-order valence-electron chi connectivity index (χ1n) is 5.61. The maximum atomic E-state index is 5.02. The van der Waals surface area contributed by atoms with Crippen LogP contribution in [0.25, 0.3) is 0 Å². The lowest BCUT2D eigenvalue weighted by Crippen LogP contribution is -2.24. The zero-order valence-electron chi connectivity index (χ0n) is 9.21. The highest BCUT2D eigenvalue weighted by Crippen LogP contribution is 2.64. The van der Waals surface area contributed by atoms with E-state index in [0.29, 0.717) is 0 Å². The van der Waals surface area contributed by atoms with Gasteiger partial charge in [0, 0.05) is 18.9 Å². The topological polar surface area (TPSA) is 21.3 Å². The van der Waals surface area contributed by atoms with E-state index in [-0.39, 0.29) is 0 Å². The lowest BCUT2D eigenvalue weighted by atomic mass is 9.97. The summed E-state index contributed by atoms with van der Waals surface area (Å²) in [4.78, 5) is 0. The summed E-state index contributed by atoms with van der Waals surface area (Å²) in [6.45, 7) is 5.45. The summed E-state index contributed by atoms with van der Waals surface area (Å²) in [7, 11) is 1.76. The van der Waals surface area contributed by atoms with Gasteiger partial charge in [-0.2, -0.15) is 11.8 Å². The highest BCUT2D eigenvalue weighted by Gasteiger charge is 2.58. The Labute approximate surface area is 91.2 Å². The molecular weight excluding hydrogens is 194 g/mol. The van der Waals surface area contributed by atoms with E-state index in [9.17, 15) is 0 Å². The van der Waals surface area contributed by atoms with Crippen LogP contribution in [0.5, 0.6) is 0 Å². The van der Waals surface area contributed by atoms with Crippen LogP contribution in [0.2, 0.25) is 0 Å². The molecule has 1 spiro atoms.